The second kappa shape index (κ2) is 9.03. The van der Waals surface area contributed by atoms with Crippen molar-refractivity contribution in [2.45, 2.75) is 12.8 Å². The van der Waals surface area contributed by atoms with Crippen LogP contribution < -0.4 is 4.74 Å². The van der Waals surface area contributed by atoms with Gasteiger partial charge in [-0.25, -0.2) is 0 Å². The van der Waals surface area contributed by atoms with E-state index < -0.39 is 0 Å². The van der Waals surface area contributed by atoms with Gasteiger partial charge >= 0.3 is 0 Å². The second-order valence-electron chi connectivity index (χ2n) is 5.85. The van der Waals surface area contributed by atoms with Crippen molar-refractivity contribution in [1.29, 1.82) is 0 Å². The molecule has 21 heavy (non-hydrogen) atoms. The Balaban J connectivity index is 1.64. The summed E-state index contributed by atoms with van der Waals surface area (Å²) in [6.45, 7) is 6.80. The van der Waals surface area contributed by atoms with Crippen LogP contribution in [0.1, 0.15) is 12.0 Å². The lowest BCUT2D eigenvalue weighted by atomic mass is 10.1. The molecule has 1 aromatic carbocycles. The molecule has 0 unspecified atom stereocenters. The molecule has 1 aliphatic rings. The van der Waals surface area contributed by atoms with Crippen LogP contribution in [0.25, 0.3) is 0 Å². The fraction of sp³-hybridized carbons (Fsp3) is 0.647. The quantitative estimate of drug-likeness (QED) is 0.730. The molecule has 0 aliphatic carbocycles. The SMILES string of the molecule is CN(C)CCOc1ccc(CCCN2CCOCC2)cc1. The van der Waals surface area contributed by atoms with Crippen molar-refractivity contribution in [2.24, 2.45) is 0 Å². The minimum atomic E-state index is 0.739. The number of hydrogen-bond donors (Lipinski definition) is 0. The summed E-state index contributed by atoms with van der Waals surface area (Å²) >= 11 is 0. The van der Waals surface area contributed by atoms with Gasteiger partial charge in [0.1, 0.15) is 12.4 Å². The molecule has 0 aromatic heterocycles. The van der Waals surface area contributed by atoms with Crippen LogP contribution >= 0.6 is 0 Å². The Labute approximate surface area is 128 Å². The van der Waals surface area contributed by atoms with E-state index in [-0.39, 0.29) is 0 Å². The van der Waals surface area contributed by atoms with Gasteiger partial charge in [-0.3, -0.25) is 4.90 Å². The predicted octanol–water partition coefficient (Wildman–Crippen LogP) is 1.89. The minimum absolute atomic E-state index is 0.739. The van der Waals surface area contributed by atoms with E-state index in [9.17, 15) is 0 Å². The summed E-state index contributed by atoms with van der Waals surface area (Å²) in [6.07, 6.45) is 2.34. The average Bonchev–Trinajstić information content (AvgIpc) is 2.50. The molecule has 4 nitrogen and oxygen atoms in total. The van der Waals surface area contributed by atoms with Crippen molar-refractivity contribution in [1.82, 2.24) is 9.80 Å². The monoisotopic (exact) mass is 292 g/mol. The maximum atomic E-state index is 5.71. The largest absolute Gasteiger partial charge is 0.492 e. The summed E-state index contributed by atoms with van der Waals surface area (Å²) in [5, 5.41) is 0. The summed E-state index contributed by atoms with van der Waals surface area (Å²) < 4.78 is 11.1. The van der Waals surface area contributed by atoms with Gasteiger partial charge in [0, 0.05) is 19.6 Å². The first kappa shape index (κ1) is 16.3. The summed E-state index contributed by atoms with van der Waals surface area (Å²) in [6, 6.07) is 8.54. The van der Waals surface area contributed by atoms with E-state index in [4.69, 9.17) is 9.47 Å². The smallest absolute Gasteiger partial charge is 0.119 e. The van der Waals surface area contributed by atoms with Gasteiger partial charge in [-0.1, -0.05) is 12.1 Å². The molecular weight excluding hydrogens is 264 g/mol. The van der Waals surface area contributed by atoms with Gasteiger partial charge in [0.15, 0.2) is 0 Å². The van der Waals surface area contributed by atoms with Crippen LogP contribution in [0.3, 0.4) is 0 Å². The van der Waals surface area contributed by atoms with E-state index >= 15 is 0 Å². The molecule has 4 heteroatoms. The number of nitrogens with zero attached hydrogens (tertiary/aromatic N) is 2. The Morgan fingerprint density at radius 1 is 1.14 bits per heavy atom. The van der Waals surface area contributed by atoms with Crippen molar-refractivity contribution >= 4 is 0 Å². The minimum Gasteiger partial charge on any atom is -0.492 e. The molecule has 1 heterocycles. The fourth-order valence-electron chi connectivity index (χ4n) is 2.43. The van der Waals surface area contributed by atoms with Gasteiger partial charge in [0.05, 0.1) is 13.2 Å². The van der Waals surface area contributed by atoms with Crippen LogP contribution in [-0.4, -0.2) is 69.9 Å². The number of hydrogen-bond acceptors (Lipinski definition) is 4. The van der Waals surface area contributed by atoms with Crippen molar-refractivity contribution in [3.05, 3.63) is 29.8 Å². The van der Waals surface area contributed by atoms with Crippen LogP contribution in [0.4, 0.5) is 0 Å². The Morgan fingerprint density at radius 2 is 1.86 bits per heavy atom. The van der Waals surface area contributed by atoms with Crippen LogP contribution in [0.15, 0.2) is 24.3 Å². The second-order valence-corrected chi connectivity index (χ2v) is 5.85. The first-order valence-corrected chi connectivity index (χ1v) is 7.90. The molecule has 1 fully saturated rings. The molecule has 1 saturated heterocycles. The highest BCUT2D eigenvalue weighted by molar-refractivity contribution is 5.27. The average molecular weight is 292 g/mol. The van der Waals surface area contributed by atoms with E-state index in [0.717, 1.165) is 51.6 Å². The molecule has 118 valence electrons. The molecule has 0 radical (unpaired) electrons. The zero-order chi connectivity index (χ0) is 14.9. The number of morpholine rings is 1. The summed E-state index contributed by atoms with van der Waals surface area (Å²) in [4.78, 5) is 4.61. The van der Waals surface area contributed by atoms with E-state index in [1.54, 1.807) is 0 Å². The Hall–Kier alpha value is -1.10. The van der Waals surface area contributed by atoms with Crippen LogP contribution in [-0.2, 0) is 11.2 Å². The lowest BCUT2D eigenvalue weighted by Gasteiger charge is -2.26. The number of aryl methyl sites for hydroxylation is 1. The number of ether oxygens (including phenoxy) is 2. The molecule has 1 aliphatic heterocycles. The third-order valence-corrected chi connectivity index (χ3v) is 3.77. The summed E-state index contributed by atoms with van der Waals surface area (Å²) in [5.41, 5.74) is 1.39. The number of benzene rings is 1. The van der Waals surface area contributed by atoms with Gasteiger partial charge in [0.2, 0.25) is 0 Å². The molecule has 1 aromatic rings. The fourth-order valence-corrected chi connectivity index (χ4v) is 2.43. The first-order chi connectivity index (χ1) is 10.2. The molecule has 0 amide bonds. The lowest BCUT2D eigenvalue weighted by Crippen LogP contribution is -2.36. The summed E-state index contributed by atoms with van der Waals surface area (Å²) in [5.74, 6) is 0.966. The molecule has 0 spiro atoms. The molecule has 0 bridgehead atoms. The van der Waals surface area contributed by atoms with Crippen LogP contribution in [0.2, 0.25) is 0 Å². The molecular formula is C17H28N2O2. The lowest BCUT2D eigenvalue weighted by molar-refractivity contribution is 0.0374. The molecule has 0 atom stereocenters. The third kappa shape index (κ3) is 6.46. The maximum Gasteiger partial charge on any atom is 0.119 e. The van der Waals surface area contributed by atoms with Gasteiger partial charge in [-0.15, -0.1) is 0 Å². The van der Waals surface area contributed by atoms with Gasteiger partial charge in [0.25, 0.3) is 0 Å². The van der Waals surface area contributed by atoms with E-state index in [0.29, 0.717) is 0 Å². The highest BCUT2D eigenvalue weighted by atomic mass is 16.5. The highest BCUT2D eigenvalue weighted by Gasteiger charge is 2.09. The van der Waals surface area contributed by atoms with Crippen molar-refractivity contribution < 1.29 is 9.47 Å². The van der Waals surface area contributed by atoms with E-state index in [1.807, 2.05) is 0 Å². The normalized spacial score (nSPS) is 16.3. The molecule has 2 rings (SSSR count). The number of likely N-dealkylation sites (N-methyl/N-ethyl adjacent to an activating group) is 1. The predicted molar refractivity (Wildman–Crippen MR) is 86.1 cm³/mol. The summed E-state index contributed by atoms with van der Waals surface area (Å²) in [7, 11) is 4.11. The van der Waals surface area contributed by atoms with Gasteiger partial charge in [-0.05, 0) is 51.2 Å². The Bertz CT molecular complexity index is 386. The van der Waals surface area contributed by atoms with Crippen LogP contribution in [0.5, 0.6) is 5.75 Å². The van der Waals surface area contributed by atoms with Gasteiger partial charge < -0.3 is 14.4 Å². The van der Waals surface area contributed by atoms with E-state index in [2.05, 4.69) is 48.2 Å². The van der Waals surface area contributed by atoms with Crippen LogP contribution in [0, 0.1) is 0 Å². The zero-order valence-electron chi connectivity index (χ0n) is 13.4. The van der Waals surface area contributed by atoms with Crippen molar-refractivity contribution in [3.8, 4) is 5.75 Å². The molecule has 0 saturated carbocycles. The van der Waals surface area contributed by atoms with Crippen molar-refractivity contribution in [2.75, 3.05) is 60.1 Å². The topological polar surface area (TPSA) is 24.9 Å². The zero-order valence-corrected chi connectivity index (χ0v) is 13.4. The maximum absolute atomic E-state index is 5.71. The Kier molecular flexibility index (Phi) is 7.00. The van der Waals surface area contributed by atoms with E-state index in [1.165, 1.54) is 18.5 Å². The number of rotatable bonds is 8. The molecule has 0 N–H and O–H groups in total. The van der Waals surface area contributed by atoms with Crippen molar-refractivity contribution in [3.63, 3.8) is 0 Å². The standard InChI is InChI=1S/C17H28N2O2/c1-18(2)10-15-21-17-7-5-16(6-8-17)4-3-9-19-11-13-20-14-12-19/h5-8H,3-4,9-15H2,1-2H3. The highest BCUT2D eigenvalue weighted by Crippen LogP contribution is 2.13. The first-order valence-electron chi connectivity index (χ1n) is 7.90. The third-order valence-electron chi connectivity index (χ3n) is 3.77. The van der Waals surface area contributed by atoms with Gasteiger partial charge in [-0.2, -0.15) is 0 Å². The Morgan fingerprint density at radius 3 is 2.52 bits per heavy atom.